The fourth-order valence-corrected chi connectivity index (χ4v) is 13.4. The van der Waals surface area contributed by atoms with Gasteiger partial charge in [0.2, 0.25) is 0 Å². The van der Waals surface area contributed by atoms with Gasteiger partial charge >= 0.3 is 0 Å². The Morgan fingerprint density at radius 1 is 0.686 bits per heavy atom. The molecule has 4 heterocycles. The predicted molar refractivity (Wildman–Crippen MR) is 219 cm³/mol. The zero-order chi connectivity index (χ0) is 35.2. The molecule has 3 heteroatoms. The van der Waals surface area contributed by atoms with E-state index >= 15 is 0 Å². The Kier molecular flexibility index (Phi) is 6.21. The third-order valence-corrected chi connectivity index (χ3v) is 15.5. The summed E-state index contributed by atoms with van der Waals surface area (Å²) in [5.41, 5.74) is 19.3. The minimum absolute atomic E-state index is 0.0326. The molecular formula is C48H46N2S. The van der Waals surface area contributed by atoms with E-state index in [2.05, 4.69) is 173 Å². The van der Waals surface area contributed by atoms with Gasteiger partial charge in [0.05, 0.1) is 28.1 Å². The van der Waals surface area contributed by atoms with Gasteiger partial charge in [-0.05, 0) is 102 Å². The molecule has 1 aromatic heterocycles. The highest BCUT2D eigenvalue weighted by molar-refractivity contribution is 8.37. The molecule has 10 rings (SSSR count). The number of fused-ring (bicyclic) bond motifs is 9. The Morgan fingerprint density at radius 3 is 2.25 bits per heavy atom. The quantitative estimate of drug-likeness (QED) is 0.180. The molecule has 0 saturated carbocycles. The average molecular weight is 683 g/mol. The molecule has 0 amide bonds. The maximum atomic E-state index is 2.87. The zero-order valence-electron chi connectivity index (χ0n) is 31.1. The van der Waals surface area contributed by atoms with Crippen molar-refractivity contribution in [2.45, 2.75) is 78.0 Å². The van der Waals surface area contributed by atoms with Crippen LogP contribution in [0.1, 0.15) is 64.2 Å². The van der Waals surface area contributed by atoms with Crippen molar-refractivity contribution in [2.24, 2.45) is 10.8 Å². The van der Waals surface area contributed by atoms with Crippen molar-refractivity contribution in [3.8, 4) is 27.9 Å². The number of rotatable bonds is 4. The summed E-state index contributed by atoms with van der Waals surface area (Å²) in [7, 11) is -1.94. The summed E-state index contributed by atoms with van der Waals surface area (Å²) in [6.45, 7) is 19.0. The summed E-state index contributed by atoms with van der Waals surface area (Å²) in [5, 5.41) is 5.36. The van der Waals surface area contributed by atoms with E-state index < -0.39 is 10.2 Å². The molecule has 1 atom stereocenters. The lowest BCUT2D eigenvalue weighted by molar-refractivity contribution is 0.292. The lowest BCUT2D eigenvalue weighted by Crippen LogP contribution is -2.31. The third kappa shape index (κ3) is 4.13. The minimum atomic E-state index is -1.94. The number of aryl methyl sites for hydroxylation is 3. The van der Waals surface area contributed by atoms with Crippen LogP contribution < -0.4 is 4.31 Å². The number of anilines is 1. The van der Waals surface area contributed by atoms with E-state index in [1.54, 1.807) is 0 Å². The Bertz CT molecular complexity index is 2630. The predicted octanol–water partition coefficient (Wildman–Crippen LogP) is 13.9. The normalized spacial score (nSPS) is 19.6. The second-order valence-electron chi connectivity index (χ2n) is 17.2. The number of benzene rings is 5. The molecule has 0 saturated heterocycles. The fourth-order valence-electron chi connectivity index (χ4n) is 9.32. The first-order valence-corrected chi connectivity index (χ1v) is 20.2. The van der Waals surface area contributed by atoms with Gasteiger partial charge in [-0.15, -0.1) is 0 Å². The standard InChI is InChI=1S/C48H46N2S/c1-29-26-36-35-21-20-31(3)43(32-15-10-9-14-30(32)2)45(35)50-40-28-37(40)38(48(7,8)24-23-47(4,5)6)22-25-51(50)42-19-13-17-34-33-16-11-12-18-39(33)49(44(34)42)41(27-29)46(36)51/h9-22,25-28H,23-24H2,1-8H3. The van der Waals surface area contributed by atoms with E-state index in [4.69, 9.17) is 0 Å². The van der Waals surface area contributed by atoms with Crippen LogP contribution in [0, 0.1) is 31.6 Å². The molecule has 3 aliphatic heterocycles. The molecule has 0 N–H and O–H groups in total. The molecule has 0 bridgehead atoms. The van der Waals surface area contributed by atoms with Crippen LogP contribution in [0.5, 0.6) is 0 Å². The van der Waals surface area contributed by atoms with Crippen molar-refractivity contribution < 1.29 is 0 Å². The van der Waals surface area contributed by atoms with E-state index in [-0.39, 0.29) is 10.8 Å². The molecule has 4 aliphatic rings. The molecule has 0 radical (unpaired) electrons. The van der Waals surface area contributed by atoms with Crippen LogP contribution in [-0.4, -0.2) is 4.57 Å². The Balaban J connectivity index is 1.38. The highest BCUT2D eigenvalue weighted by Gasteiger charge is 2.53. The Labute approximate surface area is 304 Å². The number of para-hydroxylation sites is 2. The van der Waals surface area contributed by atoms with Crippen LogP contribution in [0.3, 0.4) is 0 Å². The SMILES string of the molecule is Cc1cc2c3c(c1)-n1c4ccccc4c4cccc(c41)S31C=CC(C(C)(C)CCC(C)(C)C)=C3C=C3N1c1c-2ccc(C)c1-c1ccccc1C. The van der Waals surface area contributed by atoms with E-state index in [0.29, 0.717) is 0 Å². The molecule has 0 fully saturated rings. The summed E-state index contributed by atoms with van der Waals surface area (Å²) in [4.78, 5) is 2.91. The number of aromatic nitrogens is 1. The van der Waals surface area contributed by atoms with Gasteiger partial charge in [-0.25, -0.2) is 0 Å². The summed E-state index contributed by atoms with van der Waals surface area (Å²) < 4.78 is 5.47. The van der Waals surface area contributed by atoms with Crippen molar-refractivity contribution >= 4 is 37.7 Å². The van der Waals surface area contributed by atoms with Gasteiger partial charge in [0.15, 0.2) is 0 Å². The van der Waals surface area contributed by atoms with Crippen LogP contribution >= 0.6 is 10.2 Å². The van der Waals surface area contributed by atoms with Gasteiger partial charge in [-0.2, -0.15) is 0 Å². The van der Waals surface area contributed by atoms with Crippen molar-refractivity contribution in [1.82, 2.24) is 4.57 Å². The average Bonchev–Trinajstić information content (AvgIpc) is 3.81. The van der Waals surface area contributed by atoms with Gasteiger partial charge in [0.25, 0.3) is 0 Å². The molecule has 1 spiro atoms. The first-order valence-electron chi connectivity index (χ1n) is 18.6. The van der Waals surface area contributed by atoms with E-state index in [1.807, 2.05) is 0 Å². The van der Waals surface area contributed by atoms with E-state index in [0.717, 1.165) is 6.42 Å². The van der Waals surface area contributed by atoms with Crippen LogP contribution in [0.15, 0.2) is 135 Å². The fraction of sp³-hybridized carbons (Fsp3) is 0.250. The maximum absolute atomic E-state index is 2.87. The number of allylic oxidation sites excluding steroid dienone is 4. The van der Waals surface area contributed by atoms with Crippen molar-refractivity contribution in [1.29, 1.82) is 0 Å². The number of nitrogens with zero attached hydrogens (tertiary/aromatic N) is 2. The lowest BCUT2D eigenvalue weighted by Gasteiger charge is -2.54. The highest BCUT2D eigenvalue weighted by atomic mass is 32.3. The third-order valence-electron chi connectivity index (χ3n) is 12.0. The molecule has 1 unspecified atom stereocenters. The number of hydrogen-bond acceptors (Lipinski definition) is 1. The first kappa shape index (κ1) is 31.0. The van der Waals surface area contributed by atoms with Gasteiger partial charge in [-0.1, -0.05) is 124 Å². The van der Waals surface area contributed by atoms with Crippen molar-refractivity contribution in [3.63, 3.8) is 0 Å². The van der Waals surface area contributed by atoms with Crippen LogP contribution in [-0.2, 0) is 0 Å². The second-order valence-corrected chi connectivity index (χ2v) is 19.9. The van der Waals surface area contributed by atoms with Gasteiger partial charge in [0, 0.05) is 42.8 Å². The van der Waals surface area contributed by atoms with E-state index in [9.17, 15) is 0 Å². The number of hydrogen-bond donors (Lipinski definition) is 0. The Morgan fingerprint density at radius 2 is 1.45 bits per heavy atom. The first-order chi connectivity index (χ1) is 24.4. The molecule has 2 nitrogen and oxygen atoms in total. The van der Waals surface area contributed by atoms with Crippen molar-refractivity contribution in [2.75, 3.05) is 4.31 Å². The second kappa shape index (κ2) is 10.2. The molecule has 6 aromatic rings. The smallest absolute Gasteiger partial charge is 0.0684 e. The molecule has 5 aromatic carbocycles. The maximum Gasteiger partial charge on any atom is 0.0684 e. The summed E-state index contributed by atoms with van der Waals surface area (Å²) in [6, 6.07) is 34.9. The van der Waals surface area contributed by atoms with Gasteiger partial charge in [0.1, 0.15) is 0 Å². The Hall–Kier alpha value is -4.73. The monoisotopic (exact) mass is 682 g/mol. The molecular weight excluding hydrogens is 637 g/mol. The van der Waals surface area contributed by atoms with Crippen LogP contribution in [0.4, 0.5) is 5.69 Å². The van der Waals surface area contributed by atoms with Crippen molar-refractivity contribution in [3.05, 3.63) is 142 Å². The summed E-state index contributed by atoms with van der Waals surface area (Å²) in [6.07, 6.45) is 7.43. The molecule has 254 valence electrons. The largest absolute Gasteiger partial charge is 0.307 e. The van der Waals surface area contributed by atoms with Crippen LogP contribution in [0.2, 0.25) is 0 Å². The zero-order valence-corrected chi connectivity index (χ0v) is 31.9. The molecule has 1 aliphatic carbocycles. The lowest BCUT2D eigenvalue weighted by atomic mass is 9.75. The van der Waals surface area contributed by atoms with Gasteiger partial charge < -0.3 is 4.57 Å². The topological polar surface area (TPSA) is 8.17 Å². The van der Waals surface area contributed by atoms with Crippen LogP contribution in [0.25, 0.3) is 49.7 Å². The van der Waals surface area contributed by atoms with E-state index in [1.165, 1.54) is 105 Å². The summed E-state index contributed by atoms with van der Waals surface area (Å²) >= 11 is 0. The summed E-state index contributed by atoms with van der Waals surface area (Å²) in [5.74, 6) is 0. The molecule has 51 heavy (non-hydrogen) atoms. The minimum Gasteiger partial charge on any atom is -0.307 e. The van der Waals surface area contributed by atoms with Gasteiger partial charge in [-0.3, -0.25) is 4.31 Å². The highest BCUT2D eigenvalue weighted by Crippen LogP contribution is 2.80.